The zero-order valence-corrected chi connectivity index (χ0v) is 19.4. The van der Waals surface area contributed by atoms with Gasteiger partial charge in [0.1, 0.15) is 5.60 Å². The fourth-order valence-corrected chi connectivity index (χ4v) is 4.56. The maximum Gasteiger partial charge on any atom is 0.410 e. The Morgan fingerprint density at radius 3 is 2.58 bits per heavy atom. The average molecular weight is 455 g/mol. The summed E-state index contributed by atoms with van der Waals surface area (Å²) in [5.41, 5.74) is 2.41. The smallest absolute Gasteiger partial charge is 0.410 e. The minimum Gasteiger partial charge on any atom is -0.444 e. The number of hydrogen-bond acceptors (Lipinski definition) is 7. The first kappa shape index (κ1) is 21.9. The summed E-state index contributed by atoms with van der Waals surface area (Å²) >= 11 is 0. The van der Waals surface area contributed by atoms with E-state index in [-0.39, 0.29) is 24.0 Å². The number of carbonyl (C=O) groups excluding carboxylic acids is 2. The van der Waals surface area contributed by atoms with Gasteiger partial charge >= 0.3 is 6.09 Å². The second-order valence-corrected chi connectivity index (χ2v) is 10.00. The van der Waals surface area contributed by atoms with Gasteiger partial charge in [-0.3, -0.25) is 4.79 Å². The number of ether oxygens (including phenoxy) is 2. The van der Waals surface area contributed by atoms with Crippen LogP contribution in [0.25, 0.3) is 11.4 Å². The Labute approximate surface area is 193 Å². The predicted octanol–water partition coefficient (Wildman–Crippen LogP) is 3.53. The van der Waals surface area contributed by atoms with Crippen LogP contribution in [0.5, 0.6) is 0 Å². The van der Waals surface area contributed by atoms with Crippen molar-refractivity contribution in [2.75, 3.05) is 31.2 Å². The number of nitrogens with zero attached hydrogens (tertiary/aromatic N) is 4. The second kappa shape index (κ2) is 8.44. The van der Waals surface area contributed by atoms with Crippen molar-refractivity contribution in [2.24, 2.45) is 0 Å². The SMILES string of the molecule is CC(C)(C)OC(=O)N1CCC(c2nc(-c3ccc4c(c3)N(C3COC3)C(=O)CC4)no2)CC1. The molecule has 0 radical (unpaired) electrons. The summed E-state index contributed by atoms with van der Waals surface area (Å²) in [7, 11) is 0. The van der Waals surface area contributed by atoms with Crippen LogP contribution in [-0.4, -0.2) is 65.0 Å². The van der Waals surface area contributed by atoms with Crippen molar-refractivity contribution in [3.8, 4) is 11.4 Å². The lowest BCUT2D eigenvalue weighted by atomic mass is 9.96. The van der Waals surface area contributed by atoms with Crippen LogP contribution >= 0.6 is 0 Å². The second-order valence-electron chi connectivity index (χ2n) is 10.00. The van der Waals surface area contributed by atoms with Gasteiger partial charge in [-0.15, -0.1) is 0 Å². The van der Waals surface area contributed by atoms with E-state index >= 15 is 0 Å². The van der Waals surface area contributed by atoms with Crippen molar-refractivity contribution in [3.63, 3.8) is 0 Å². The number of carbonyl (C=O) groups is 2. The molecular formula is C24H30N4O5. The van der Waals surface area contributed by atoms with E-state index in [4.69, 9.17) is 14.0 Å². The van der Waals surface area contributed by atoms with E-state index in [2.05, 4.69) is 16.2 Å². The van der Waals surface area contributed by atoms with Gasteiger partial charge in [-0.2, -0.15) is 4.98 Å². The molecule has 33 heavy (non-hydrogen) atoms. The van der Waals surface area contributed by atoms with Crippen LogP contribution in [0.15, 0.2) is 22.7 Å². The molecule has 0 N–H and O–H groups in total. The minimum atomic E-state index is -0.504. The van der Waals surface area contributed by atoms with Crippen LogP contribution in [0, 0.1) is 0 Å². The third-order valence-corrected chi connectivity index (χ3v) is 6.40. The van der Waals surface area contributed by atoms with Crippen molar-refractivity contribution in [3.05, 3.63) is 29.7 Å². The zero-order valence-electron chi connectivity index (χ0n) is 19.4. The fraction of sp³-hybridized carbons (Fsp3) is 0.583. The van der Waals surface area contributed by atoms with Crippen molar-refractivity contribution in [1.82, 2.24) is 15.0 Å². The summed E-state index contributed by atoms with van der Waals surface area (Å²) in [6.07, 6.45) is 2.48. The molecule has 2 fully saturated rings. The van der Waals surface area contributed by atoms with Gasteiger partial charge in [0.15, 0.2) is 0 Å². The third kappa shape index (κ3) is 4.46. The van der Waals surface area contributed by atoms with E-state index in [1.165, 1.54) is 0 Å². The molecule has 3 aliphatic heterocycles. The number of amides is 2. The monoisotopic (exact) mass is 454 g/mol. The van der Waals surface area contributed by atoms with Crippen molar-refractivity contribution in [1.29, 1.82) is 0 Å². The molecule has 0 atom stereocenters. The van der Waals surface area contributed by atoms with Crippen LogP contribution in [-0.2, 0) is 20.7 Å². The molecule has 5 rings (SSSR count). The predicted molar refractivity (Wildman–Crippen MR) is 120 cm³/mol. The summed E-state index contributed by atoms with van der Waals surface area (Å²) in [4.78, 5) is 33.2. The molecule has 9 heteroatoms. The van der Waals surface area contributed by atoms with Crippen LogP contribution < -0.4 is 4.90 Å². The maximum atomic E-state index is 12.6. The standard InChI is InChI=1S/C24H30N4O5/c1-24(2,3)32-23(30)27-10-8-16(9-11-27)22-25-21(26-33-22)17-5-4-15-6-7-20(29)28(19(15)12-17)18-13-31-14-18/h4-5,12,16,18H,6-11,13-14H2,1-3H3. The topological polar surface area (TPSA) is 98.0 Å². The Hall–Kier alpha value is -2.94. The Morgan fingerprint density at radius 2 is 1.91 bits per heavy atom. The van der Waals surface area contributed by atoms with Crippen molar-refractivity contribution in [2.45, 2.75) is 64.0 Å². The number of benzene rings is 1. The van der Waals surface area contributed by atoms with E-state index in [0.717, 1.165) is 36.1 Å². The molecule has 0 aliphatic carbocycles. The highest BCUT2D eigenvalue weighted by Crippen LogP contribution is 2.35. The zero-order chi connectivity index (χ0) is 23.2. The number of aromatic nitrogens is 2. The highest BCUT2D eigenvalue weighted by molar-refractivity contribution is 5.97. The number of likely N-dealkylation sites (tertiary alicyclic amines) is 1. The fourth-order valence-electron chi connectivity index (χ4n) is 4.56. The molecule has 2 amide bonds. The van der Waals surface area contributed by atoms with Gasteiger partial charge in [0.2, 0.25) is 17.6 Å². The number of piperidine rings is 1. The number of anilines is 1. The Kier molecular flexibility index (Phi) is 5.60. The number of fused-ring (bicyclic) bond motifs is 1. The van der Waals surface area contributed by atoms with Gasteiger partial charge in [-0.1, -0.05) is 17.3 Å². The lowest BCUT2D eigenvalue weighted by Crippen LogP contribution is -2.53. The molecule has 2 aromatic rings. The third-order valence-electron chi connectivity index (χ3n) is 6.40. The molecule has 1 aromatic heterocycles. The molecule has 0 unspecified atom stereocenters. The van der Waals surface area contributed by atoms with Crippen LogP contribution in [0.3, 0.4) is 0 Å². The maximum absolute atomic E-state index is 12.6. The Morgan fingerprint density at radius 1 is 1.15 bits per heavy atom. The Bertz CT molecular complexity index is 1050. The van der Waals surface area contributed by atoms with Crippen LogP contribution in [0.2, 0.25) is 0 Å². The normalized spacial score (nSPS) is 19.9. The molecule has 2 saturated heterocycles. The largest absolute Gasteiger partial charge is 0.444 e. The lowest BCUT2D eigenvalue weighted by molar-refractivity contribution is -0.121. The number of aryl methyl sites for hydroxylation is 1. The van der Waals surface area contributed by atoms with E-state index in [1.807, 2.05) is 37.8 Å². The highest BCUT2D eigenvalue weighted by Gasteiger charge is 2.35. The summed E-state index contributed by atoms with van der Waals surface area (Å²) in [6.45, 7) is 7.94. The summed E-state index contributed by atoms with van der Waals surface area (Å²) in [6, 6.07) is 6.13. The van der Waals surface area contributed by atoms with Gasteiger partial charge in [-0.05, 0) is 51.7 Å². The lowest BCUT2D eigenvalue weighted by Gasteiger charge is -2.40. The molecule has 1 aromatic carbocycles. The average Bonchev–Trinajstić information content (AvgIpc) is 3.23. The molecule has 176 valence electrons. The molecule has 4 heterocycles. The van der Waals surface area contributed by atoms with Crippen LogP contribution in [0.1, 0.15) is 57.4 Å². The van der Waals surface area contributed by atoms with Gasteiger partial charge in [0.05, 0.1) is 19.3 Å². The molecule has 0 saturated carbocycles. The van der Waals surface area contributed by atoms with Crippen molar-refractivity contribution >= 4 is 17.7 Å². The minimum absolute atomic E-state index is 0.0998. The molecule has 0 spiro atoms. The molecular weight excluding hydrogens is 424 g/mol. The molecule has 9 nitrogen and oxygen atoms in total. The number of rotatable bonds is 3. The number of hydrogen-bond donors (Lipinski definition) is 0. The van der Waals surface area contributed by atoms with Crippen molar-refractivity contribution < 1.29 is 23.6 Å². The molecule has 3 aliphatic rings. The first-order chi connectivity index (χ1) is 15.8. The van der Waals surface area contributed by atoms with E-state index in [1.54, 1.807) is 4.90 Å². The summed E-state index contributed by atoms with van der Waals surface area (Å²) in [5, 5.41) is 4.22. The highest BCUT2D eigenvalue weighted by atomic mass is 16.6. The van der Waals surface area contributed by atoms with E-state index < -0.39 is 5.60 Å². The van der Waals surface area contributed by atoms with Crippen LogP contribution in [0.4, 0.5) is 10.5 Å². The first-order valence-corrected chi connectivity index (χ1v) is 11.6. The Balaban J connectivity index is 1.28. The quantitative estimate of drug-likeness (QED) is 0.700. The van der Waals surface area contributed by atoms with Gasteiger partial charge in [0, 0.05) is 36.7 Å². The van der Waals surface area contributed by atoms with E-state index in [9.17, 15) is 9.59 Å². The summed E-state index contributed by atoms with van der Waals surface area (Å²) < 4.78 is 16.4. The van der Waals surface area contributed by atoms with Gasteiger partial charge in [-0.25, -0.2) is 4.79 Å². The van der Waals surface area contributed by atoms with E-state index in [0.29, 0.717) is 44.4 Å². The van der Waals surface area contributed by atoms with Gasteiger partial charge < -0.3 is 23.8 Å². The first-order valence-electron chi connectivity index (χ1n) is 11.6. The van der Waals surface area contributed by atoms with Gasteiger partial charge in [0.25, 0.3) is 0 Å². The summed E-state index contributed by atoms with van der Waals surface area (Å²) in [5.74, 6) is 1.35. The molecule has 0 bridgehead atoms.